The van der Waals surface area contributed by atoms with Gasteiger partial charge in [0.15, 0.2) is 11.5 Å². The van der Waals surface area contributed by atoms with Crippen molar-refractivity contribution in [2.45, 2.75) is 39.0 Å². The third-order valence-electron chi connectivity index (χ3n) is 4.47. The van der Waals surface area contributed by atoms with Crippen molar-refractivity contribution in [2.75, 3.05) is 11.9 Å². The number of nitrogens with one attached hydrogen (secondary N) is 2. The second-order valence-electron chi connectivity index (χ2n) is 6.69. The van der Waals surface area contributed by atoms with Crippen molar-refractivity contribution in [3.05, 3.63) is 53.3 Å². The molecule has 3 rings (SSSR count). The Labute approximate surface area is 158 Å². The molecule has 1 heterocycles. The second-order valence-corrected chi connectivity index (χ2v) is 6.69. The van der Waals surface area contributed by atoms with Crippen molar-refractivity contribution in [1.29, 1.82) is 0 Å². The first kappa shape index (κ1) is 18.8. The zero-order valence-corrected chi connectivity index (χ0v) is 15.6. The summed E-state index contributed by atoms with van der Waals surface area (Å²) in [6.45, 7) is 4.11. The fourth-order valence-electron chi connectivity index (χ4n) is 2.91. The summed E-state index contributed by atoms with van der Waals surface area (Å²) in [6, 6.07) is 7.76. The molecule has 0 saturated heterocycles. The number of aryl methyl sites for hydroxylation is 1. The van der Waals surface area contributed by atoms with Crippen LogP contribution in [0.15, 0.2) is 24.3 Å². The van der Waals surface area contributed by atoms with Crippen LogP contribution >= 0.6 is 0 Å². The molecule has 0 unspecified atom stereocenters. The SMILES string of the molecule is C[CH]C(=O)NCCc1cccc(Nc2nc(C3CC3)c(C)nc2C(N)=O)c1. The zero-order chi connectivity index (χ0) is 19.4. The third kappa shape index (κ3) is 4.81. The van der Waals surface area contributed by atoms with E-state index in [2.05, 4.69) is 20.6 Å². The van der Waals surface area contributed by atoms with Crippen LogP contribution in [0.1, 0.15) is 53.1 Å². The van der Waals surface area contributed by atoms with Crippen molar-refractivity contribution in [2.24, 2.45) is 5.73 Å². The van der Waals surface area contributed by atoms with Gasteiger partial charge in [0.05, 0.1) is 11.4 Å². The summed E-state index contributed by atoms with van der Waals surface area (Å²) in [4.78, 5) is 32.1. The number of nitrogens with zero attached hydrogens (tertiary/aromatic N) is 2. The summed E-state index contributed by atoms with van der Waals surface area (Å²) in [6.07, 6.45) is 4.39. The zero-order valence-electron chi connectivity index (χ0n) is 15.6. The van der Waals surface area contributed by atoms with Crippen LogP contribution in [-0.2, 0) is 11.2 Å². The van der Waals surface area contributed by atoms with Gasteiger partial charge in [-0.2, -0.15) is 0 Å². The van der Waals surface area contributed by atoms with Crippen molar-refractivity contribution >= 4 is 23.3 Å². The van der Waals surface area contributed by atoms with Gasteiger partial charge in [0, 0.05) is 24.6 Å². The molecule has 0 aliphatic heterocycles. The number of aromatic nitrogens is 2. The average Bonchev–Trinajstić information content (AvgIpc) is 3.48. The summed E-state index contributed by atoms with van der Waals surface area (Å²) in [5.74, 6) is 0.120. The minimum atomic E-state index is -0.606. The Morgan fingerprint density at radius 3 is 2.74 bits per heavy atom. The van der Waals surface area contributed by atoms with E-state index in [1.165, 1.54) is 6.42 Å². The summed E-state index contributed by atoms with van der Waals surface area (Å²) < 4.78 is 0. The fourth-order valence-corrected chi connectivity index (χ4v) is 2.91. The minimum absolute atomic E-state index is 0.0853. The lowest BCUT2D eigenvalue weighted by molar-refractivity contribution is -0.117. The number of anilines is 2. The van der Waals surface area contributed by atoms with E-state index in [4.69, 9.17) is 5.73 Å². The maximum atomic E-state index is 11.8. The van der Waals surface area contributed by atoms with E-state index in [0.29, 0.717) is 24.7 Å². The Bertz CT molecular complexity index is 861. The van der Waals surface area contributed by atoms with E-state index in [0.717, 1.165) is 35.5 Å². The lowest BCUT2D eigenvalue weighted by atomic mass is 10.1. The predicted molar refractivity (Wildman–Crippen MR) is 104 cm³/mol. The highest BCUT2D eigenvalue weighted by Gasteiger charge is 2.29. The molecule has 1 aliphatic carbocycles. The maximum absolute atomic E-state index is 11.8. The van der Waals surface area contributed by atoms with E-state index >= 15 is 0 Å². The van der Waals surface area contributed by atoms with Gasteiger partial charge in [-0.25, -0.2) is 9.97 Å². The molecule has 7 heteroatoms. The number of amides is 2. The van der Waals surface area contributed by atoms with Crippen LogP contribution in [0.3, 0.4) is 0 Å². The first-order chi connectivity index (χ1) is 13.0. The van der Waals surface area contributed by atoms with Crippen molar-refractivity contribution < 1.29 is 9.59 Å². The molecule has 1 radical (unpaired) electrons. The number of carbonyl (C=O) groups is 2. The topological polar surface area (TPSA) is 110 Å². The molecule has 1 aliphatic rings. The molecule has 7 nitrogen and oxygen atoms in total. The van der Waals surface area contributed by atoms with Crippen LogP contribution in [0.5, 0.6) is 0 Å². The van der Waals surface area contributed by atoms with Crippen LogP contribution in [0.4, 0.5) is 11.5 Å². The first-order valence-electron chi connectivity index (χ1n) is 9.09. The van der Waals surface area contributed by atoms with E-state index in [9.17, 15) is 9.59 Å². The smallest absolute Gasteiger partial charge is 0.271 e. The standard InChI is InChI=1S/C20H24N5O2/c1-3-16(26)22-10-9-13-5-4-6-15(11-13)24-20-18(19(21)27)23-12(2)17(25-20)14-7-8-14/h3-6,11,14H,7-10H2,1-2H3,(H2,21,27)(H,22,26)(H,24,25). The molecule has 0 bridgehead atoms. The number of hydrogen-bond acceptors (Lipinski definition) is 5. The van der Waals surface area contributed by atoms with Gasteiger partial charge in [0.1, 0.15) is 0 Å². The van der Waals surface area contributed by atoms with Gasteiger partial charge in [-0.3, -0.25) is 9.59 Å². The largest absolute Gasteiger partial charge is 0.364 e. The summed E-state index contributed by atoms with van der Waals surface area (Å²) in [7, 11) is 0. The van der Waals surface area contributed by atoms with E-state index in [1.807, 2.05) is 31.2 Å². The molecule has 1 saturated carbocycles. The molecule has 1 aromatic heterocycles. The molecular weight excluding hydrogens is 342 g/mol. The molecular formula is C20H24N5O2. The molecule has 2 amide bonds. The van der Waals surface area contributed by atoms with Crippen molar-refractivity contribution in [1.82, 2.24) is 15.3 Å². The number of carbonyl (C=O) groups excluding carboxylic acids is 2. The molecule has 4 N–H and O–H groups in total. The highest BCUT2D eigenvalue weighted by Crippen LogP contribution is 2.40. The van der Waals surface area contributed by atoms with Gasteiger partial charge in [-0.05, 0) is 43.9 Å². The van der Waals surface area contributed by atoms with Crippen LogP contribution in [0.25, 0.3) is 0 Å². The highest BCUT2D eigenvalue weighted by atomic mass is 16.2. The molecule has 2 aromatic rings. The van der Waals surface area contributed by atoms with E-state index in [-0.39, 0.29) is 11.6 Å². The molecule has 27 heavy (non-hydrogen) atoms. The molecule has 1 fully saturated rings. The Hall–Kier alpha value is -2.96. The first-order valence-corrected chi connectivity index (χ1v) is 9.09. The number of benzene rings is 1. The monoisotopic (exact) mass is 366 g/mol. The van der Waals surface area contributed by atoms with Crippen LogP contribution in [-0.4, -0.2) is 28.3 Å². The van der Waals surface area contributed by atoms with Crippen LogP contribution in [0.2, 0.25) is 0 Å². The van der Waals surface area contributed by atoms with Crippen molar-refractivity contribution in [3.8, 4) is 0 Å². The van der Waals surface area contributed by atoms with Gasteiger partial charge in [0.2, 0.25) is 5.91 Å². The maximum Gasteiger partial charge on any atom is 0.271 e. The van der Waals surface area contributed by atoms with Gasteiger partial charge in [0.25, 0.3) is 5.91 Å². The number of rotatable bonds is 8. The minimum Gasteiger partial charge on any atom is -0.364 e. The Morgan fingerprint density at radius 2 is 2.07 bits per heavy atom. The number of nitrogens with two attached hydrogens (primary N) is 1. The number of primary amides is 1. The highest BCUT2D eigenvalue weighted by molar-refractivity contribution is 5.96. The quantitative estimate of drug-likeness (QED) is 0.664. The second kappa shape index (κ2) is 8.16. The molecule has 0 spiro atoms. The fraction of sp³-hybridized carbons (Fsp3) is 0.350. The summed E-state index contributed by atoms with van der Waals surface area (Å²) >= 11 is 0. The molecule has 141 valence electrons. The Morgan fingerprint density at radius 1 is 1.30 bits per heavy atom. The van der Waals surface area contributed by atoms with Crippen molar-refractivity contribution in [3.63, 3.8) is 0 Å². The van der Waals surface area contributed by atoms with Gasteiger partial charge in [-0.1, -0.05) is 19.1 Å². The van der Waals surface area contributed by atoms with E-state index in [1.54, 1.807) is 6.92 Å². The predicted octanol–water partition coefficient (Wildman–Crippen LogP) is 2.39. The van der Waals surface area contributed by atoms with Crippen LogP contribution in [0, 0.1) is 13.3 Å². The lowest BCUT2D eigenvalue weighted by Crippen LogP contribution is -2.24. The third-order valence-corrected chi connectivity index (χ3v) is 4.47. The normalized spacial score (nSPS) is 13.3. The Kier molecular flexibility index (Phi) is 5.69. The van der Waals surface area contributed by atoms with E-state index < -0.39 is 5.91 Å². The van der Waals surface area contributed by atoms with Gasteiger partial charge >= 0.3 is 0 Å². The average molecular weight is 366 g/mol. The summed E-state index contributed by atoms with van der Waals surface area (Å²) in [5, 5.41) is 6.00. The Balaban J connectivity index is 1.78. The van der Waals surface area contributed by atoms with Gasteiger partial charge in [-0.15, -0.1) is 0 Å². The summed E-state index contributed by atoms with van der Waals surface area (Å²) in [5.41, 5.74) is 9.17. The number of hydrogen-bond donors (Lipinski definition) is 3. The molecule has 0 atom stereocenters. The lowest BCUT2D eigenvalue weighted by Gasteiger charge is -2.13. The van der Waals surface area contributed by atoms with Crippen LogP contribution < -0.4 is 16.4 Å². The van der Waals surface area contributed by atoms with Gasteiger partial charge < -0.3 is 16.4 Å². The molecule has 1 aromatic carbocycles.